The number of ether oxygens (including phenoxy) is 1. The normalized spacial score (nSPS) is 20.6. The molecule has 0 bridgehead atoms. The topological polar surface area (TPSA) is 102 Å². The molecule has 0 saturated carbocycles. The predicted molar refractivity (Wildman–Crippen MR) is 136 cm³/mol. The van der Waals surface area contributed by atoms with Crippen molar-refractivity contribution in [2.75, 3.05) is 24.3 Å². The maximum atomic E-state index is 11.4. The van der Waals surface area contributed by atoms with E-state index < -0.39 is 22.3 Å². The van der Waals surface area contributed by atoms with Gasteiger partial charge in [0.05, 0.1) is 29.1 Å². The van der Waals surface area contributed by atoms with Gasteiger partial charge < -0.3 is 14.7 Å². The molecule has 1 aliphatic heterocycles. The van der Waals surface area contributed by atoms with Gasteiger partial charge in [-0.3, -0.25) is 13.9 Å². The standard InChI is InChI=1S/C24H34N2O5S2/c1-4-6-13-24(5-2)17-26(18-10-8-7-9-11-18)19-15-21(32-3)20(31-14-12-23(27)28)16-22(19)33(29,30)25-24/h7-11,15-16,25,29-30H,4-6,12-14,17H2,1-3H3,(H,27,28). The van der Waals surface area contributed by atoms with Crippen LogP contribution < -0.4 is 14.4 Å². The molecule has 1 atom stereocenters. The molecule has 33 heavy (non-hydrogen) atoms. The van der Waals surface area contributed by atoms with Gasteiger partial charge >= 0.3 is 5.97 Å². The summed E-state index contributed by atoms with van der Waals surface area (Å²) in [4.78, 5) is 14.3. The van der Waals surface area contributed by atoms with Crippen molar-refractivity contribution in [3.63, 3.8) is 0 Å². The predicted octanol–water partition coefficient (Wildman–Crippen LogP) is 6.37. The minimum atomic E-state index is -3.36. The van der Waals surface area contributed by atoms with Crippen LogP contribution in [0.4, 0.5) is 11.4 Å². The van der Waals surface area contributed by atoms with Crippen LogP contribution in [-0.2, 0) is 4.79 Å². The second-order valence-electron chi connectivity index (χ2n) is 8.27. The zero-order chi connectivity index (χ0) is 24.1. The molecule has 2 aromatic rings. The maximum absolute atomic E-state index is 11.4. The fourth-order valence-corrected chi connectivity index (χ4v) is 6.42. The van der Waals surface area contributed by atoms with Crippen LogP contribution in [-0.4, -0.2) is 45.1 Å². The van der Waals surface area contributed by atoms with Crippen LogP contribution >= 0.6 is 22.5 Å². The van der Waals surface area contributed by atoms with Crippen LogP contribution in [0.1, 0.15) is 46.0 Å². The Bertz CT molecular complexity index is 957. The lowest BCUT2D eigenvalue weighted by atomic mass is 9.89. The molecule has 1 aliphatic rings. The van der Waals surface area contributed by atoms with Gasteiger partial charge in [-0.2, -0.15) is 0 Å². The van der Waals surface area contributed by atoms with E-state index in [0.717, 1.165) is 42.0 Å². The molecule has 0 amide bonds. The first-order valence-electron chi connectivity index (χ1n) is 11.2. The summed E-state index contributed by atoms with van der Waals surface area (Å²) in [6.07, 6.45) is 5.31. The Morgan fingerprint density at radius 3 is 2.58 bits per heavy atom. The van der Waals surface area contributed by atoms with E-state index in [0.29, 0.717) is 17.2 Å². The average Bonchev–Trinajstić information content (AvgIpc) is 2.90. The minimum absolute atomic E-state index is 0.00605. The first kappa shape index (κ1) is 25.7. The van der Waals surface area contributed by atoms with E-state index in [1.807, 2.05) is 42.7 Å². The number of para-hydroxylation sites is 1. The highest BCUT2D eigenvalue weighted by Crippen LogP contribution is 2.57. The number of thioether (sulfide) groups is 1. The van der Waals surface area contributed by atoms with Gasteiger partial charge in [0.2, 0.25) is 0 Å². The number of benzene rings is 2. The highest BCUT2D eigenvalue weighted by atomic mass is 32.3. The molecule has 0 aliphatic carbocycles. The van der Waals surface area contributed by atoms with Gasteiger partial charge in [-0.1, -0.05) is 44.9 Å². The van der Waals surface area contributed by atoms with Crippen LogP contribution in [0.2, 0.25) is 0 Å². The number of hydrogen-bond acceptors (Lipinski definition) is 7. The Morgan fingerprint density at radius 1 is 1.24 bits per heavy atom. The van der Waals surface area contributed by atoms with Gasteiger partial charge in [0, 0.05) is 18.3 Å². The second kappa shape index (κ2) is 11.0. The van der Waals surface area contributed by atoms with Crippen molar-refractivity contribution in [3.8, 4) is 5.75 Å². The SMILES string of the molecule is CCCCC1(CC)CN(c2ccccc2)c2cc(SC)c(OCCC(=O)O)cc2S(O)(O)N1. The summed E-state index contributed by atoms with van der Waals surface area (Å²) in [6.45, 7) is 4.80. The van der Waals surface area contributed by atoms with Gasteiger partial charge in [-0.15, -0.1) is 22.5 Å². The van der Waals surface area contributed by atoms with Gasteiger partial charge in [-0.25, -0.2) is 4.72 Å². The van der Waals surface area contributed by atoms with E-state index in [9.17, 15) is 13.9 Å². The van der Waals surface area contributed by atoms with E-state index >= 15 is 0 Å². The number of anilines is 2. The van der Waals surface area contributed by atoms with Crippen molar-refractivity contribution in [2.45, 2.75) is 61.3 Å². The van der Waals surface area contributed by atoms with Crippen molar-refractivity contribution < 1.29 is 23.7 Å². The summed E-state index contributed by atoms with van der Waals surface area (Å²) < 4.78 is 31.8. The monoisotopic (exact) mass is 494 g/mol. The molecule has 3 rings (SSSR count). The number of aliphatic carboxylic acids is 1. The number of fused-ring (bicyclic) bond motifs is 1. The van der Waals surface area contributed by atoms with Crippen molar-refractivity contribution >= 4 is 39.9 Å². The van der Waals surface area contributed by atoms with E-state index in [-0.39, 0.29) is 13.0 Å². The zero-order valence-corrected chi connectivity index (χ0v) is 21.0. The molecule has 0 spiro atoms. The number of hydrogen-bond donors (Lipinski definition) is 4. The average molecular weight is 495 g/mol. The fourth-order valence-electron chi connectivity index (χ4n) is 4.11. The van der Waals surface area contributed by atoms with Crippen molar-refractivity contribution in [2.24, 2.45) is 0 Å². The first-order valence-corrected chi connectivity index (χ1v) is 14.0. The Labute approximate surface area is 202 Å². The molecule has 0 saturated heterocycles. The highest BCUT2D eigenvalue weighted by molar-refractivity contribution is 8.22. The number of carboxylic acid groups (broad SMARTS) is 1. The lowest BCUT2D eigenvalue weighted by molar-refractivity contribution is -0.137. The molecule has 1 unspecified atom stereocenters. The molecule has 0 fully saturated rings. The largest absolute Gasteiger partial charge is 0.492 e. The molecule has 182 valence electrons. The molecular formula is C24H34N2O5S2. The second-order valence-corrected chi connectivity index (χ2v) is 10.9. The van der Waals surface area contributed by atoms with Gasteiger partial charge in [0.15, 0.2) is 0 Å². The van der Waals surface area contributed by atoms with Crippen molar-refractivity contribution in [1.29, 1.82) is 0 Å². The molecular weight excluding hydrogens is 460 g/mol. The third-order valence-corrected chi connectivity index (χ3v) is 8.41. The van der Waals surface area contributed by atoms with Gasteiger partial charge in [0.1, 0.15) is 10.6 Å². The fraction of sp³-hybridized carbons (Fsp3) is 0.458. The summed E-state index contributed by atoms with van der Waals surface area (Å²) in [5, 5.41) is 8.97. The third-order valence-electron chi connectivity index (χ3n) is 5.99. The lowest BCUT2D eigenvalue weighted by Gasteiger charge is -2.42. The number of unbranched alkanes of at least 4 members (excludes halogenated alkanes) is 1. The minimum Gasteiger partial charge on any atom is -0.492 e. The van der Waals surface area contributed by atoms with E-state index in [1.165, 1.54) is 11.8 Å². The molecule has 2 aromatic carbocycles. The summed E-state index contributed by atoms with van der Waals surface area (Å²) in [5.41, 5.74) is 1.20. The molecule has 9 heteroatoms. The van der Waals surface area contributed by atoms with Crippen LogP contribution in [0.25, 0.3) is 0 Å². The summed E-state index contributed by atoms with van der Waals surface area (Å²) in [6, 6.07) is 13.5. The molecule has 7 nitrogen and oxygen atoms in total. The Morgan fingerprint density at radius 2 is 1.97 bits per heavy atom. The van der Waals surface area contributed by atoms with Crippen molar-refractivity contribution in [1.82, 2.24) is 4.72 Å². The van der Waals surface area contributed by atoms with E-state index in [2.05, 4.69) is 23.5 Å². The Hall–Kier alpha value is -1.91. The van der Waals surface area contributed by atoms with E-state index in [1.54, 1.807) is 6.07 Å². The number of rotatable bonds is 10. The van der Waals surface area contributed by atoms with Crippen LogP contribution in [0.3, 0.4) is 0 Å². The molecule has 0 aromatic heterocycles. The molecule has 1 heterocycles. The van der Waals surface area contributed by atoms with Gasteiger partial charge in [0.25, 0.3) is 0 Å². The highest BCUT2D eigenvalue weighted by Gasteiger charge is 2.41. The Kier molecular flexibility index (Phi) is 8.58. The van der Waals surface area contributed by atoms with Crippen molar-refractivity contribution in [3.05, 3.63) is 42.5 Å². The smallest absolute Gasteiger partial charge is 0.306 e. The van der Waals surface area contributed by atoms with Gasteiger partial charge in [-0.05, 0) is 37.3 Å². The first-order chi connectivity index (χ1) is 15.7. The van der Waals surface area contributed by atoms with E-state index in [4.69, 9.17) is 9.84 Å². The molecule has 4 N–H and O–H groups in total. The quantitative estimate of drug-likeness (QED) is 0.283. The number of carboxylic acids is 1. The Balaban J connectivity index is 2.16. The van der Waals surface area contributed by atoms with Crippen LogP contribution in [0, 0.1) is 0 Å². The van der Waals surface area contributed by atoms with Crippen LogP contribution in [0.5, 0.6) is 5.75 Å². The summed E-state index contributed by atoms with van der Waals surface area (Å²) in [5.74, 6) is -0.491. The van der Waals surface area contributed by atoms with Crippen LogP contribution in [0.15, 0.2) is 52.3 Å². The number of carbonyl (C=O) groups is 1. The summed E-state index contributed by atoms with van der Waals surface area (Å²) >= 11 is 1.48. The number of nitrogens with one attached hydrogen (secondary N) is 1. The summed E-state index contributed by atoms with van der Waals surface area (Å²) in [7, 11) is -3.36. The molecule has 0 radical (unpaired) electrons. The maximum Gasteiger partial charge on any atom is 0.306 e. The lowest BCUT2D eigenvalue weighted by Crippen LogP contribution is -2.51. The number of nitrogens with zero attached hydrogens (tertiary/aromatic N) is 1. The third kappa shape index (κ3) is 5.96. The zero-order valence-electron chi connectivity index (χ0n) is 19.4.